The first-order chi connectivity index (χ1) is 17.3. The summed E-state index contributed by atoms with van der Waals surface area (Å²) in [6.07, 6.45) is 1.41. The lowest BCUT2D eigenvalue weighted by atomic mass is 10.1. The Morgan fingerprint density at radius 1 is 0.944 bits per heavy atom. The Morgan fingerprint density at radius 2 is 1.69 bits per heavy atom. The van der Waals surface area contributed by atoms with Crippen LogP contribution in [0.5, 0.6) is 11.5 Å². The second kappa shape index (κ2) is 10.8. The number of nitrogens with one attached hydrogen (secondary N) is 1. The highest BCUT2D eigenvalue weighted by molar-refractivity contribution is 6.40. The van der Waals surface area contributed by atoms with Gasteiger partial charge in [0.05, 0.1) is 12.3 Å². The highest BCUT2D eigenvalue weighted by Gasteiger charge is 2.37. The van der Waals surface area contributed by atoms with Gasteiger partial charge in [-0.05, 0) is 73.0 Å². The molecule has 0 atom stereocenters. The van der Waals surface area contributed by atoms with Gasteiger partial charge in [0, 0.05) is 10.0 Å². The van der Waals surface area contributed by atoms with E-state index in [4.69, 9.17) is 32.7 Å². The molecule has 0 aliphatic carbocycles. The van der Waals surface area contributed by atoms with Crippen LogP contribution in [0.2, 0.25) is 10.0 Å². The van der Waals surface area contributed by atoms with Gasteiger partial charge in [0.2, 0.25) is 0 Å². The molecular weight excluding hydrogens is 503 g/mol. The first-order valence-corrected chi connectivity index (χ1v) is 11.8. The van der Waals surface area contributed by atoms with E-state index in [1.165, 1.54) is 6.08 Å². The monoisotopic (exact) mass is 524 g/mol. The van der Waals surface area contributed by atoms with Crippen molar-refractivity contribution in [1.29, 1.82) is 0 Å². The van der Waals surface area contributed by atoms with Gasteiger partial charge >= 0.3 is 6.03 Å². The Balaban J connectivity index is 1.63. The zero-order valence-corrected chi connectivity index (χ0v) is 21.0. The smallest absolute Gasteiger partial charge is 0.335 e. The number of hydrogen-bond donors (Lipinski definition) is 1. The third-order valence-electron chi connectivity index (χ3n) is 5.47. The van der Waals surface area contributed by atoms with E-state index < -0.39 is 17.8 Å². The average molecular weight is 525 g/mol. The summed E-state index contributed by atoms with van der Waals surface area (Å²) in [5.41, 5.74) is 2.08. The molecule has 1 N–H and O–H groups in total. The van der Waals surface area contributed by atoms with Crippen LogP contribution in [-0.4, -0.2) is 24.5 Å². The van der Waals surface area contributed by atoms with Crippen molar-refractivity contribution in [3.8, 4) is 11.5 Å². The molecule has 0 unspecified atom stereocenters. The maximum absolute atomic E-state index is 13.2. The maximum atomic E-state index is 13.2. The van der Waals surface area contributed by atoms with Gasteiger partial charge in [-0.25, -0.2) is 9.69 Å². The van der Waals surface area contributed by atoms with Crippen LogP contribution in [0.4, 0.5) is 10.5 Å². The molecule has 0 radical (unpaired) electrons. The number of ether oxygens (including phenoxy) is 2. The number of carbonyl (C=O) groups excluding carboxylic acids is 3. The van der Waals surface area contributed by atoms with E-state index >= 15 is 0 Å². The number of barbiturate groups is 1. The maximum Gasteiger partial charge on any atom is 0.335 e. The highest BCUT2D eigenvalue weighted by atomic mass is 35.5. The summed E-state index contributed by atoms with van der Waals surface area (Å²) in [6.45, 7) is 4.21. The zero-order chi connectivity index (χ0) is 25.8. The molecule has 3 aromatic carbocycles. The third-order valence-corrected chi connectivity index (χ3v) is 6.13. The van der Waals surface area contributed by atoms with Crippen LogP contribution in [0, 0.1) is 6.92 Å². The van der Waals surface area contributed by atoms with E-state index in [2.05, 4.69) is 5.32 Å². The summed E-state index contributed by atoms with van der Waals surface area (Å²) in [7, 11) is 0. The Bertz CT molecular complexity index is 1370. The highest BCUT2D eigenvalue weighted by Crippen LogP contribution is 2.32. The molecule has 1 aliphatic heterocycles. The van der Waals surface area contributed by atoms with Crippen molar-refractivity contribution in [2.75, 3.05) is 11.5 Å². The molecule has 4 rings (SSSR count). The molecule has 0 saturated carbocycles. The summed E-state index contributed by atoms with van der Waals surface area (Å²) in [6, 6.07) is 16.4. The number of anilines is 1. The van der Waals surface area contributed by atoms with E-state index in [9.17, 15) is 14.4 Å². The van der Waals surface area contributed by atoms with E-state index in [1.807, 2.05) is 19.1 Å². The molecule has 0 bridgehead atoms. The summed E-state index contributed by atoms with van der Waals surface area (Å²) in [5, 5.41) is 3.25. The van der Waals surface area contributed by atoms with Gasteiger partial charge in [-0.15, -0.1) is 0 Å². The number of halogens is 2. The fraction of sp³-hybridized carbons (Fsp3) is 0.148. The molecular formula is C27H22Cl2N2O5. The molecule has 0 spiro atoms. The van der Waals surface area contributed by atoms with Gasteiger partial charge in [0.15, 0.2) is 11.5 Å². The van der Waals surface area contributed by atoms with Gasteiger partial charge in [0.25, 0.3) is 11.8 Å². The predicted molar refractivity (Wildman–Crippen MR) is 139 cm³/mol. The normalized spacial score (nSPS) is 14.7. The van der Waals surface area contributed by atoms with Crippen LogP contribution < -0.4 is 19.7 Å². The quantitative estimate of drug-likeness (QED) is 0.305. The molecule has 7 nitrogen and oxygen atoms in total. The van der Waals surface area contributed by atoms with Crippen molar-refractivity contribution in [2.24, 2.45) is 0 Å². The molecule has 9 heteroatoms. The Labute approximate surface area is 218 Å². The van der Waals surface area contributed by atoms with Gasteiger partial charge in [-0.1, -0.05) is 47.5 Å². The number of amides is 4. The standard InChI is InChI=1S/C27H22Cl2N2O5/c1-3-35-24-14-18(9-12-23(24)36-15-17-7-10-19(28)11-8-17)13-20-25(32)30-27(34)31(26(20)33)22-6-4-5-21(29)16(22)2/h4-14H,3,15H2,1-2H3,(H,30,32,34)/b20-13+. The minimum Gasteiger partial charge on any atom is -0.490 e. The number of rotatable bonds is 7. The van der Waals surface area contributed by atoms with Crippen LogP contribution in [-0.2, 0) is 16.2 Å². The third kappa shape index (κ3) is 5.37. The van der Waals surface area contributed by atoms with Gasteiger partial charge < -0.3 is 9.47 Å². The van der Waals surface area contributed by atoms with Crippen molar-refractivity contribution < 1.29 is 23.9 Å². The minimum absolute atomic E-state index is 0.203. The fourth-order valence-corrected chi connectivity index (χ4v) is 3.92. The van der Waals surface area contributed by atoms with Crippen molar-refractivity contribution in [1.82, 2.24) is 5.32 Å². The van der Waals surface area contributed by atoms with E-state index in [0.29, 0.717) is 51.6 Å². The van der Waals surface area contributed by atoms with Crippen molar-refractivity contribution >= 4 is 52.8 Å². The number of nitrogens with zero attached hydrogens (tertiary/aromatic N) is 1. The van der Waals surface area contributed by atoms with E-state index in [-0.39, 0.29) is 5.57 Å². The molecule has 4 amide bonds. The van der Waals surface area contributed by atoms with Crippen molar-refractivity contribution in [3.63, 3.8) is 0 Å². The molecule has 1 saturated heterocycles. The second-order valence-electron chi connectivity index (χ2n) is 7.90. The van der Waals surface area contributed by atoms with Crippen LogP contribution in [0.15, 0.2) is 66.2 Å². The first-order valence-electron chi connectivity index (χ1n) is 11.1. The molecule has 1 heterocycles. The summed E-state index contributed by atoms with van der Waals surface area (Å²) < 4.78 is 11.6. The van der Waals surface area contributed by atoms with E-state index in [1.54, 1.807) is 55.5 Å². The lowest BCUT2D eigenvalue weighted by Gasteiger charge is -2.27. The predicted octanol–water partition coefficient (Wildman–Crippen LogP) is 5.95. The number of carbonyl (C=O) groups is 3. The average Bonchev–Trinajstić information content (AvgIpc) is 2.85. The molecule has 36 heavy (non-hydrogen) atoms. The van der Waals surface area contributed by atoms with Crippen LogP contribution in [0.3, 0.4) is 0 Å². The largest absolute Gasteiger partial charge is 0.490 e. The van der Waals surface area contributed by atoms with Gasteiger partial charge in [-0.3, -0.25) is 14.9 Å². The summed E-state index contributed by atoms with van der Waals surface area (Å²) in [5.74, 6) is -0.597. The molecule has 3 aromatic rings. The first kappa shape index (κ1) is 25.3. The number of hydrogen-bond acceptors (Lipinski definition) is 5. The fourth-order valence-electron chi connectivity index (χ4n) is 3.62. The SMILES string of the molecule is CCOc1cc(/C=C2\C(=O)NC(=O)N(c3cccc(Cl)c3C)C2=O)ccc1OCc1ccc(Cl)cc1. The lowest BCUT2D eigenvalue weighted by molar-refractivity contribution is -0.122. The molecule has 1 aliphatic rings. The summed E-state index contributed by atoms with van der Waals surface area (Å²) >= 11 is 12.1. The van der Waals surface area contributed by atoms with Gasteiger partial charge in [-0.2, -0.15) is 0 Å². The zero-order valence-electron chi connectivity index (χ0n) is 19.5. The Hall–Kier alpha value is -3.81. The Morgan fingerprint density at radius 3 is 2.42 bits per heavy atom. The second-order valence-corrected chi connectivity index (χ2v) is 8.74. The molecule has 1 fully saturated rings. The van der Waals surface area contributed by atoms with Crippen LogP contribution in [0.1, 0.15) is 23.6 Å². The lowest BCUT2D eigenvalue weighted by Crippen LogP contribution is -2.54. The van der Waals surface area contributed by atoms with Crippen LogP contribution in [0.25, 0.3) is 6.08 Å². The van der Waals surface area contributed by atoms with Crippen molar-refractivity contribution in [3.05, 3.63) is 93.0 Å². The Kier molecular flexibility index (Phi) is 7.62. The van der Waals surface area contributed by atoms with Crippen LogP contribution >= 0.6 is 23.2 Å². The summed E-state index contributed by atoms with van der Waals surface area (Å²) in [4.78, 5) is 39.2. The molecule has 184 valence electrons. The van der Waals surface area contributed by atoms with Gasteiger partial charge in [0.1, 0.15) is 12.2 Å². The van der Waals surface area contributed by atoms with Crippen molar-refractivity contribution in [2.45, 2.75) is 20.5 Å². The molecule has 0 aromatic heterocycles. The number of urea groups is 1. The number of benzene rings is 3. The number of imide groups is 2. The minimum atomic E-state index is -0.839. The topological polar surface area (TPSA) is 84.9 Å². The van der Waals surface area contributed by atoms with E-state index in [0.717, 1.165) is 10.5 Å².